The molecule has 2 amide bonds. The Bertz CT molecular complexity index is 1210. The van der Waals surface area contributed by atoms with E-state index in [0.29, 0.717) is 23.1 Å². The number of aromatic nitrogens is 3. The molecule has 0 saturated heterocycles. The standard InChI is InChI=1S/C27H32BrN5O2S/c1-6-14-33-25(24(18(4)5)30-26(35)19-10-8-7-9-11-19)31-32-27(33)36-16-23(34)29-22-13-12-20(28)15-21(22)17(2)3/h6-13,15,17-18,24H,1,14,16H2,2-5H3,(H,29,34)(H,30,35)/t24-/m1/s1. The second kappa shape index (κ2) is 12.9. The van der Waals surface area contributed by atoms with Crippen molar-refractivity contribution in [3.8, 4) is 0 Å². The number of anilines is 1. The first kappa shape index (κ1) is 27.7. The molecule has 0 radical (unpaired) electrons. The largest absolute Gasteiger partial charge is 0.342 e. The van der Waals surface area contributed by atoms with Gasteiger partial charge in [-0.2, -0.15) is 0 Å². The summed E-state index contributed by atoms with van der Waals surface area (Å²) >= 11 is 4.80. The van der Waals surface area contributed by atoms with Crippen molar-refractivity contribution in [1.82, 2.24) is 20.1 Å². The molecule has 0 unspecified atom stereocenters. The summed E-state index contributed by atoms with van der Waals surface area (Å²) in [5.74, 6) is 0.836. The van der Waals surface area contributed by atoms with E-state index in [-0.39, 0.29) is 35.4 Å². The lowest BCUT2D eigenvalue weighted by atomic mass is 10.0. The third kappa shape index (κ3) is 7.07. The first-order valence-electron chi connectivity index (χ1n) is 11.8. The van der Waals surface area contributed by atoms with Crippen LogP contribution in [0, 0.1) is 5.92 Å². The molecule has 3 rings (SSSR count). The third-order valence-electron chi connectivity index (χ3n) is 5.57. The molecule has 1 heterocycles. The lowest BCUT2D eigenvalue weighted by Crippen LogP contribution is -2.33. The molecule has 0 spiro atoms. The Labute approximate surface area is 225 Å². The van der Waals surface area contributed by atoms with Crippen molar-refractivity contribution >= 4 is 45.2 Å². The van der Waals surface area contributed by atoms with Gasteiger partial charge in [0.2, 0.25) is 5.91 Å². The van der Waals surface area contributed by atoms with E-state index in [4.69, 9.17) is 0 Å². The van der Waals surface area contributed by atoms with Crippen molar-refractivity contribution in [2.24, 2.45) is 5.92 Å². The van der Waals surface area contributed by atoms with Crippen molar-refractivity contribution in [2.45, 2.75) is 51.4 Å². The number of rotatable bonds is 11. The molecular weight excluding hydrogens is 538 g/mol. The smallest absolute Gasteiger partial charge is 0.251 e. The number of carbonyl (C=O) groups is 2. The van der Waals surface area contributed by atoms with E-state index >= 15 is 0 Å². The summed E-state index contributed by atoms with van der Waals surface area (Å²) in [6, 6.07) is 14.6. The van der Waals surface area contributed by atoms with Crippen LogP contribution in [0.4, 0.5) is 5.69 Å². The van der Waals surface area contributed by atoms with Gasteiger partial charge in [-0.15, -0.1) is 16.8 Å². The van der Waals surface area contributed by atoms with Gasteiger partial charge in [-0.25, -0.2) is 0 Å². The molecule has 0 aliphatic rings. The number of nitrogens with one attached hydrogen (secondary N) is 2. The van der Waals surface area contributed by atoms with Crippen LogP contribution in [-0.4, -0.2) is 32.3 Å². The lowest BCUT2D eigenvalue weighted by molar-refractivity contribution is -0.113. The number of hydrogen-bond acceptors (Lipinski definition) is 5. The van der Waals surface area contributed by atoms with Crippen molar-refractivity contribution in [3.63, 3.8) is 0 Å². The fourth-order valence-electron chi connectivity index (χ4n) is 3.72. The van der Waals surface area contributed by atoms with E-state index in [1.165, 1.54) is 11.8 Å². The quantitative estimate of drug-likeness (QED) is 0.212. The lowest BCUT2D eigenvalue weighted by Gasteiger charge is -2.22. The average molecular weight is 571 g/mol. The number of nitrogens with zero attached hydrogens (tertiary/aromatic N) is 3. The minimum absolute atomic E-state index is 0.0680. The molecule has 1 atom stereocenters. The molecular formula is C27H32BrN5O2S. The zero-order valence-corrected chi connectivity index (χ0v) is 23.4. The summed E-state index contributed by atoms with van der Waals surface area (Å²) in [7, 11) is 0. The van der Waals surface area contributed by atoms with Gasteiger partial charge in [0.25, 0.3) is 5.91 Å². The normalized spacial score (nSPS) is 12.0. The molecule has 2 N–H and O–H groups in total. The van der Waals surface area contributed by atoms with Gasteiger partial charge in [0.15, 0.2) is 11.0 Å². The fraction of sp³-hybridized carbons (Fsp3) is 0.333. The number of halogens is 1. The molecule has 0 fully saturated rings. The van der Waals surface area contributed by atoms with Crippen LogP contribution in [-0.2, 0) is 11.3 Å². The highest BCUT2D eigenvalue weighted by atomic mass is 79.9. The molecule has 0 saturated carbocycles. The summed E-state index contributed by atoms with van der Waals surface area (Å²) < 4.78 is 2.88. The van der Waals surface area contributed by atoms with Crippen LogP contribution in [0.1, 0.15) is 61.4 Å². The number of allylic oxidation sites excluding steroid dienone is 1. The molecule has 0 bridgehead atoms. The number of benzene rings is 2. The van der Waals surface area contributed by atoms with Crippen molar-refractivity contribution in [1.29, 1.82) is 0 Å². The molecule has 36 heavy (non-hydrogen) atoms. The molecule has 0 aliphatic carbocycles. The predicted molar refractivity (Wildman–Crippen MR) is 149 cm³/mol. The number of amides is 2. The topological polar surface area (TPSA) is 88.9 Å². The Balaban J connectivity index is 1.76. The van der Waals surface area contributed by atoms with Crippen LogP contribution < -0.4 is 10.6 Å². The summed E-state index contributed by atoms with van der Waals surface area (Å²) in [5, 5.41) is 15.5. The Morgan fingerprint density at radius 2 is 1.83 bits per heavy atom. The minimum Gasteiger partial charge on any atom is -0.342 e. The SMILES string of the molecule is C=CCn1c(SCC(=O)Nc2ccc(Br)cc2C(C)C)nnc1[C@H](NC(=O)c1ccccc1)C(C)C. The van der Waals surface area contributed by atoms with Crippen LogP contribution in [0.3, 0.4) is 0 Å². The van der Waals surface area contributed by atoms with Gasteiger partial charge in [0, 0.05) is 22.3 Å². The van der Waals surface area contributed by atoms with Crippen molar-refractivity contribution in [2.75, 3.05) is 11.1 Å². The second-order valence-electron chi connectivity index (χ2n) is 9.02. The Morgan fingerprint density at radius 3 is 2.47 bits per heavy atom. The number of thioether (sulfide) groups is 1. The Hall–Kier alpha value is -2.91. The molecule has 1 aromatic heterocycles. The van der Waals surface area contributed by atoms with Gasteiger partial charge in [-0.1, -0.05) is 79.7 Å². The van der Waals surface area contributed by atoms with Gasteiger partial charge in [-0.3, -0.25) is 9.59 Å². The molecule has 190 valence electrons. The number of carbonyl (C=O) groups excluding carboxylic acids is 2. The van der Waals surface area contributed by atoms with Gasteiger partial charge in [0.05, 0.1) is 11.8 Å². The van der Waals surface area contributed by atoms with Crippen LogP contribution in [0.15, 0.2) is 70.8 Å². The van der Waals surface area contributed by atoms with E-state index < -0.39 is 0 Å². The van der Waals surface area contributed by atoms with E-state index in [2.05, 4.69) is 57.2 Å². The van der Waals surface area contributed by atoms with Crippen molar-refractivity contribution < 1.29 is 9.59 Å². The maximum Gasteiger partial charge on any atom is 0.251 e. The van der Waals surface area contributed by atoms with Gasteiger partial charge < -0.3 is 15.2 Å². The van der Waals surface area contributed by atoms with Crippen LogP contribution in [0.25, 0.3) is 0 Å². The first-order chi connectivity index (χ1) is 17.2. The van der Waals surface area contributed by atoms with Crippen LogP contribution in [0.2, 0.25) is 0 Å². The summed E-state index contributed by atoms with van der Waals surface area (Å²) in [4.78, 5) is 25.6. The van der Waals surface area contributed by atoms with Crippen LogP contribution >= 0.6 is 27.7 Å². The monoisotopic (exact) mass is 569 g/mol. The van der Waals surface area contributed by atoms with Gasteiger partial charge in [-0.05, 0) is 47.7 Å². The maximum absolute atomic E-state index is 12.8. The third-order valence-corrected chi connectivity index (χ3v) is 7.03. The highest BCUT2D eigenvalue weighted by Gasteiger charge is 2.26. The molecule has 9 heteroatoms. The Kier molecular flexibility index (Phi) is 9.89. The van der Waals surface area contributed by atoms with E-state index in [9.17, 15) is 9.59 Å². The molecule has 0 aliphatic heterocycles. The highest BCUT2D eigenvalue weighted by Crippen LogP contribution is 2.29. The molecule has 2 aromatic carbocycles. The molecule has 7 nitrogen and oxygen atoms in total. The zero-order chi connectivity index (χ0) is 26.2. The maximum atomic E-state index is 12.8. The van der Waals surface area contributed by atoms with E-state index in [1.54, 1.807) is 18.2 Å². The predicted octanol–water partition coefficient (Wildman–Crippen LogP) is 6.21. The average Bonchev–Trinajstić information content (AvgIpc) is 3.24. The van der Waals surface area contributed by atoms with E-state index in [1.807, 2.05) is 54.8 Å². The highest BCUT2D eigenvalue weighted by molar-refractivity contribution is 9.10. The van der Waals surface area contributed by atoms with E-state index in [0.717, 1.165) is 15.7 Å². The van der Waals surface area contributed by atoms with Gasteiger partial charge >= 0.3 is 0 Å². The number of hydrogen-bond donors (Lipinski definition) is 2. The molecule has 3 aromatic rings. The summed E-state index contributed by atoms with van der Waals surface area (Å²) in [6.07, 6.45) is 1.75. The fourth-order valence-corrected chi connectivity index (χ4v) is 4.86. The summed E-state index contributed by atoms with van der Waals surface area (Å²) in [5.41, 5.74) is 2.45. The Morgan fingerprint density at radius 1 is 1.11 bits per heavy atom. The summed E-state index contributed by atoms with van der Waals surface area (Å²) in [6.45, 7) is 12.5. The van der Waals surface area contributed by atoms with Crippen LogP contribution in [0.5, 0.6) is 0 Å². The van der Waals surface area contributed by atoms with Crippen molar-refractivity contribution in [3.05, 3.63) is 82.6 Å². The zero-order valence-electron chi connectivity index (χ0n) is 21.0. The minimum atomic E-state index is -0.357. The second-order valence-corrected chi connectivity index (χ2v) is 10.9. The van der Waals surface area contributed by atoms with Gasteiger partial charge in [0.1, 0.15) is 0 Å². The first-order valence-corrected chi connectivity index (χ1v) is 13.6.